The van der Waals surface area contributed by atoms with Gasteiger partial charge < -0.3 is 10.6 Å². The van der Waals surface area contributed by atoms with Crippen LogP contribution in [0.4, 0.5) is 0 Å². The summed E-state index contributed by atoms with van der Waals surface area (Å²) in [5, 5.41) is 0. The van der Waals surface area contributed by atoms with E-state index in [1.807, 2.05) is 12.3 Å². The van der Waals surface area contributed by atoms with E-state index in [9.17, 15) is 0 Å². The number of hydrogen-bond donors (Lipinski definition) is 1. The van der Waals surface area contributed by atoms with Crippen LogP contribution in [0.15, 0.2) is 24.5 Å². The second-order valence-corrected chi connectivity index (χ2v) is 5.63. The van der Waals surface area contributed by atoms with Crippen molar-refractivity contribution in [2.75, 3.05) is 19.6 Å². The van der Waals surface area contributed by atoms with Crippen molar-refractivity contribution in [3.8, 4) is 0 Å². The van der Waals surface area contributed by atoms with Crippen molar-refractivity contribution in [2.24, 2.45) is 11.7 Å². The first-order valence-corrected chi connectivity index (χ1v) is 6.83. The second kappa shape index (κ2) is 6.30. The lowest BCUT2D eigenvalue weighted by Gasteiger charge is -2.35. The lowest BCUT2D eigenvalue weighted by molar-refractivity contribution is 0.174. The number of hydrogen-bond acceptors (Lipinski definition) is 3. The summed E-state index contributed by atoms with van der Waals surface area (Å²) >= 11 is 0. The molecule has 1 aromatic heterocycles. The quantitative estimate of drug-likeness (QED) is 0.887. The second-order valence-electron chi connectivity index (χ2n) is 5.63. The highest BCUT2D eigenvalue weighted by Gasteiger charge is 2.25. The summed E-state index contributed by atoms with van der Waals surface area (Å²) in [5.74, 6) is 2.09. The van der Waals surface area contributed by atoms with Crippen molar-refractivity contribution in [3.63, 3.8) is 0 Å². The summed E-state index contributed by atoms with van der Waals surface area (Å²) < 4.78 is 0. The molecule has 2 heterocycles. The van der Waals surface area contributed by atoms with Crippen molar-refractivity contribution < 1.29 is 0 Å². The number of aromatic nitrogens is 1. The molecule has 2 N–H and O–H groups in total. The van der Waals surface area contributed by atoms with E-state index in [-0.39, 0.29) is 6.04 Å². The highest BCUT2D eigenvalue weighted by atomic mass is 15.1. The Morgan fingerprint density at radius 2 is 2.17 bits per heavy atom. The van der Waals surface area contributed by atoms with Crippen LogP contribution in [-0.4, -0.2) is 29.5 Å². The number of likely N-dealkylation sites (tertiary alicyclic amines) is 1. The summed E-state index contributed by atoms with van der Waals surface area (Å²) in [6, 6.07) is 4.21. The molecule has 0 aromatic carbocycles. The molecule has 2 rings (SSSR count). The third-order valence-corrected chi connectivity index (χ3v) is 3.75. The van der Waals surface area contributed by atoms with E-state index >= 15 is 0 Å². The Balaban J connectivity index is 1.86. The molecule has 1 aliphatic heterocycles. The molecule has 1 fully saturated rings. The topological polar surface area (TPSA) is 42.1 Å². The van der Waals surface area contributed by atoms with Gasteiger partial charge in [0.15, 0.2) is 0 Å². The summed E-state index contributed by atoms with van der Waals surface area (Å²) in [6.07, 6.45) is 6.10. The molecule has 1 radical (unpaired) electrons. The Hall–Kier alpha value is -0.930. The van der Waals surface area contributed by atoms with Gasteiger partial charge in [0.25, 0.3) is 0 Å². The molecule has 0 spiro atoms. The molecule has 1 aliphatic rings. The maximum atomic E-state index is 6.35. The minimum Gasteiger partial charge on any atom is -0.324 e. The fraction of sp³-hybridized carbons (Fsp3) is 0.600. The number of piperidine rings is 1. The van der Waals surface area contributed by atoms with Gasteiger partial charge >= 0.3 is 0 Å². The molecule has 1 saturated heterocycles. The predicted molar refractivity (Wildman–Crippen MR) is 74.9 cm³/mol. The molecule has 1 unspecified atom stereocenters. The predicted octanol–water partition coefficient (Wildman–Crippen LogP) is 2.41. The first kappa shape index (κ1) is 13.5. The summed E-state index contributed by atoms with van der Waals surface area (Å²) in [6.45, 7) is 7.88. The van der Waals surface area contributed by atoms with Crippen LogP contribution in [0.2, 0.25) is 0 Å². The van der Waals surface area contributed by atoms with Crippen LogP contribution in [0.3, 0.4) is 0 Å². The highest BCUT2D eigenvalue weighted by Crippen LogP contribution is 2.28. The van der Waals surface area contributed by atoms with Crippen LogP contribution in [0.1, 0.15) is 38.3 Å². The van der Waals surface area contributed by atoms with Crippen LogP contribution >= 0.6 is 0 Å². The molecule has 0 bridgehead atoms. The van der Waals surface area contributed by atoms with Gasteiger partial charge in [0, 0.05) is 25.0 Å². The fourth-order valence-electron chi connectivity index (χ4n) is 2.76. The van der Waals surface area contributed by atoms with Crippen molar-refractivity contribution in [2.45, 2.75) is 32.7 Å². The number of nitrogens with two attached hydrogens (primary N) is 1. The summed E-state index contributed by atoms with van der Waals surface area (Å²) in [7, 11) is 0. The Bertz CT molecular complexity index is 342. The molecule has 1 aromatic rings. The van der Waals surface area contributed by atoms with Crippen LogP contribution in [0.25, 0.3) is 0 Å². The van der Waals surface area contributed by atoms with Gasteiger partial charge in [-0.05, 0) is 49.4 Å². The van der Waals surface area contributed by atoms with Gasteiger partial charge in [-0.3, -0.25) is 4.98 Å². The fourth-order valence-corrected chi connectivity index (χ4v) is 2.76. The SMILES string of the molecule is C[C](C)CN1CCC(C(N)c2cccnc2)CC1. The van der Waals surface area contributed by atoms with Gasteiger partial charge in [0.05, 0.1) is 0 Å². The lowest BCUT2D eigenvalue weighted by Crippen LogP contribution is -2.38. The number of pyridine rings is 1. The van der Waals surface area contributed by atoms with E-state index in [1.165, 1.54) is 37.4 Å². The average Bonchev–Trinajstić information content (AvgIpc) is 2.39. The highest BCUT2D eigenvalue weighted by molar-refractivity contribution is 5.14. The van der Waals surface area contributed by atoms with E-state index in [0.29, 0.717) is 5.92 Å². The molecular formula is C15H24N3. The molecule has 18 heavy (non-hydrogen) atoms. The Morgan fingerprint density at radius 3 is 2.72 bits per heavy atom. The normalized spacial score (nSPS) is 20.2. The zero-order valence-electron chi connectivity index (χ0n) is 11.5. The van der Waals surface area contributed by atoms with E-state index in [0.717, 1.165) is 6.54 Å². The average molecular weight is 246 g/mol. The molecule has 0 saturated carbocycles. The monoisotopic (exact) mass is 246 g/mol. The maximum absolute atomic E-state index is 6.35. The molecular weight excluding hydrogens is 222 g/mol. The molecule has 0 amide bonds. The Morgan fingerprint density at radius 1 is 1.44 bits per heavy atom. The van der Waals surface area contributed by atoms with Gasteiger partial charge in [-0.2, -0.15) is 0 Å². The standard InChI is InChI=1S/C15H24N3/c1-12(2)11-18-8-5-13(6-9-18)15(16)14-4-3-7-17-10-14/h3-4,7,10,13,15H,5-6,8-9,11,16H2,1-2H3. The van der Waals surface area contributed by atoms with Crippen molar-refractivity contribution in [1.29, 1.82) is 0 Å². The van der Waals surface area contributed by atoms with E-state index < -0.39 is 0 Å². The Kier molecular flexibility index (Phi) is 4.72. The maximum Gasteiger partial charge on any atom is 0.0339 e. The van der Waals surface area contributed by atoms with Crippen LogP contribution < -0.4 is 5.73 Å². The number of nitrogens with zero attached hydrogens (tertiary/aromatic N) is 2. The van der Waals surface area contributed by atoms with E-state index in [2.05, 4.69) is 29.8 Å². The zero-order chi connectivity index (χ0) is 13.0. The third-order valence-electron chi connectivity index (χ3n) is 3.75. The van der Waals surface area contributed by atoms with Gasteiger partial charge in [0.1, 0.15) is 0 Å². The van der Waals surface area contributed by atoms with Gasteiger partial charge in [0.2, 0.25) is 0 Å². The van der Waals surface area contributed by atoms with Gasteiger partial charge in [-0.15, -0.1) is 0 Å². The van der Waals surface area contributed by atoms with Gasteiger partial charge in [-0.1, -0.05) is 19.9 Å². The molecule has 99 valence electrons. The lowest BCUT2D eigenvalue weighted by atomic mass is 9.86. The largest absolute Gasteiger partial charge is 0.324 e. The summed E-state index contributed by atoms with van der Waals surface area (Å²) in [4.78, 5) is 6.69. The molecule has 3 heteroatoms. The van der Waals surface area contributed by atoms with Crippen molar-refractivity contribution >= 4 is 0 Å². The third kappa shape index (κ3) is 3.53. The minimum absolute atomic E-state index is 0.146. The van der Waals surface area contributed by atoms with Gasteiger partial charge in [-0.25, -0.2) is 0 Å². The van der Waals surface area contributed by atoms with Crippen LogP contribution in [0.5, 0.6) is 0 Å². The first-order valence-electron chi connectivity index (χ1n) is 6.83. The smallest absolute Gasteiger partial charge is 0.0339 e. The first-order chi connectivity index (χ1) is 8.66. The summed E-state index contributed by atoms with van der Waals surface area (Å²) in [5.41, 5.74) is 7.53. The molecule has 1 atom stereocenters. The zero-order valence-corrected chi connectivity index (χ0v) is 11.5. The van der Waals surface area contributed by atoms with E-state index in [1.54, 1.807) is 6.20 Å². The Labute approximate surface area is 110 Å². The minimum atomic E-state index is 0.146. The van der Waals surface area contributed by atoms with Crippen molar-refractivity contribution in [1.82, 2.24) is 9.88 Å². The van der Waals surface area contributed by atoms with Crippen molar-refractivity contribution in [3.05, 3.63) is 36.0 Å². The van der Waals surface area contributed by atoms with Crippen LogP contribution in [-0.2, 0) is 0 Å². The van der Waals surface area contributed by atoms with Crippen LogP contribution in [0, 0.1) is 11.8 Å². The molecule has 3 nitrogen and oxygen atoms in total. The number of rotatable bonds is 4. The van der Waals surface area contributed by atoms with E-state index in [4.69, 9.17) is 5.73 Å². The molecule has 0 aliphatic carbocycles.